The van der Waals surface area contributed by atoms with Crippen molar-refractivity contribution < 1.29 is 35.9 Å². The smallest absolute Gasteiger partial charge is 0.389 e. The molecule has 0 saturated heterocycles. The molecule has 0 fully saturated rings. The van der Waals surface area contributed by atoms with Crippen LogP contribution >= 0.6 is 0 Å². The van der Waals surface area contributed by atoms with Crippen molar-refractivity contribution in [1.29, 1.82) is 0 Å². The number of benzene rings is 2. The summed E-state index contributed by atoms with van der Waals surface area (Å²) in [5.74, 6) is -1.43. The van der Waals surface area contributed by atoms with E-state index < -0.39 is 45.5 Å². The quantitative estimate of drug-likeness (QED) is 0.382. The Morgan fingerprint density at radius 2 is 1.95 bits per heavy atom. The van der Waals surface area contributed by atoms with Crippen LogP contribution in [0.5, 0.6) is 5.75 Å². The van der Waals surface area contributed by atoms with Gasteiger partial charge in [0.05, 0.1) is 23.5 Å². The molecule has 2 heterocycles. The number of nitrogens with zero attached hydrogens (tertiary/aromatic N) is 2. The standard InChI is InChI=1S/C28H29F3N4O5S/c1-41(38,39)17-23(36)32-25-24-22(34-35(25)19-8-3-2-4-9-19)16-27(33-26(24)37)12-5-7-18-15-20(10-11-21(18)27)40-14-6-13-28(29,30)31/h2-4,8-11,15H,5-7,12-14,16-17H2,1H3,(H,32,36)(H,33,37)/t27-/m0/s1. The number of aryl methyl sites for hydroxylation is 1. The van der Waals surface area contributed by atoms with Gasteiger partial charge in [-0.2, -0.15) is 18.3 Å². The first kappa shape index (κ1) is 28.7. The third-order valence-corrected chi connectivity index (χ3v) is 7.96. The molecule has 2 amide bonds. The molecular weight excluding hydrogens is 561 g/mol. The van der Waals surface area contributed by atoms with Crippen LogP contribution in [0.15, 0.2) is 48.5 Å². The van der Waals surface area contributed by atoms with Crippen LogP contribution in [0.2, 0.25) is 0 Å². The number of nitrogens with one attached hydrogen (secondary N) is 2. The zero-order valence-corrected chi connectivity index (χ0v) is 23.1. The van der Waals surface area contributed by atoms with Crippen molar-refractivity contribution in [2.24, 2.45) is 0 Å². The molecule has 41 heavy (non-hydrogen) atoms. The molecule has 218 valence electrons. The minimum absolute atomic E-state index is 0.0612. The summed E-state index contributed by atoms with van der Waals surface area (Å²) in [5, 5.41) is 10.4. The van der Waals surface area contributed by atoms with E-state index >= 15 is 0 Å². The van der Waals surface area contributed by atoms with Crippen LogP contribution in [0.25, 0.3) is 5.69 Å². The Bertz CT molecular complexity index is 1590. The molecule has 13 heteroatoms. The number of halogens is 3. The van der Waals surface area contributed by atoms with Crippen molar-refractivity contribution in [2.45, 2.75) is 50.2 Å². The number of para-hydroxylation sites is 1. The Labute approximate surface area is 235 Å². The number of aromatic nitrogens is 2. The summed E-state index contributed by atoms with van der Waals surface area (Å²) in [6, 6.07) is 14.2. The van der Waals surface area contributed by atoms with Crippen LogP contribution in [-0.2, 0) is 33.0 Å². The van der Waals surface area contributed by atoms with E-state index in [2.05, 4.69) is 10.6 Å². The molecule has 1 atom stereocenters. The number of fused-ring (bicyclic) bond motifs is 3. The van der Waals surface area contributed by atoms with Crippen LogP contribution in [0.4, 0.5) is 19.0 Å². The summed E-state index contributed by atoms with van der Waals surface area (Å²) in [4.78, 5) is 26.3. The molecule has 1 aliphatic heterocycles. The lowest BCUT2D eigenvalue weighted by Gasteiger charge is -2.42. The maximum absolute atomic E-state index is 13.7. The van der Waals surface area contributed by atoms with Gasteiger partial charge in [-0.3, -0.25) is 9.59 Å². The van der Waals surface area contributed by atoms with Crippen molar-refractivity contribution in [3.63, 3.8) is 0 Å². The van der Waals surface area contributed by atoms with E-state index in [9.17, 15) is 31.2 Å². The average Bonchev–Trinajstić information content (AvgIpc) is 3.23. The lowest BCUT2D eigenvalue weighted by Crippen LogP contribution is -2.52. The van der Waals surface area contributed by atoms with Gasteiger partial charge >= 0.3 is 6.18 Å². The lowest BCUT2D eigenvalue weighted by atomic mass is 9.72. The van der Waals surface area contributed by atoms with Crippen molar-refractivity contribution in [1.82, 2.24) is 15.1 Å². The van der Waals surface area contributed by atoms with Gasteiger partial charge in [-0.05, 0) is 61.1 Å². The van der Waals surface area contributed by atoms with E-state index in [0.29, 0.717) is 36.4 Å². The zero-order chi connectivity index (χ0) is 29.4. The van der Waals surface area contributed by atoms with Gasteiger partial charge in [-0.1, -0.05) is 24.3 Å². The summed E-state index contributed by atoms with van der Waals surface area (Å²) >= 11 is 0. The number of amides is 2. The fraction of sp³-hybridized carbons (Fsp3) is 0.393. The molecule has 5 rings (SSSR count). The second kappa shape index (κ2) is 10.8. The molecule has 1 aliphatic carbocycles. The molecular formula is C28H29F3N4O5S. The number of rotatable bonds is 8. The van der Waals surface area contributed by atoms with Gasteiger partial charge in [-0.25, -0.2) is 13.1 Å². The van der Waals surface area contributed by atoms with E-state index in [0.717, 1.165) is 23.8 Å². The molecule has 9 nitrogen and oxygen atoms in total. The number of anilines is 1. The average molecular weight is 591 g/mol. The predicted molar refractivity (Wildman–Crippen MR) is 145 cm³/mol. The minimum atomic E-state index is -4.23. The highest BCUT2D eigenvalue weighted by molar-refractivity contribution is 7.91. The third kappa shape index (κ3) is 6.39. The largest absolute Gasteiger partial charge is 0.494 e. The summed E-state index contributed by atoms with van der Waals surface area (Å²) in [6.07, 6.45) is -1.92. The Morgan fingerprint density at radius 1 is 1.20 bits per heavy atom. The van der Waals surface area contributed by atoms with Gasteiger partial charge in [-0.15, -0.1) is 0 Å². The third-order valence-electron chi connectivity index (χ3n) is 7.17. The molecule has 1 aromatic heterocycles. The van der Waals surface area contributed by atoms with E-state index in [1.54, 1.807) is 30.3 Å². The summed E-state index contributed by atoms with van der Waals surface area (Å²) in [7, 11) is -3.61. The zero-order valence-electron chi connectivity index (χ0n) is 22.3. The predicted octanol–water partition coefficient (Wildman–Crippen LogP) is 4.09. The van der Waals surface area contributed by atoms with Gasteiger partial charge in [0.2, 0.25) is 5.91 Å². The lowest BCUT2D eigenvalue weighted by molar-refractivity contribution is -0.136. The maximum atomic E-state index is 13.7. The second-order valence-electron chi connectivity index (χ2n) is 10.5. The van der Waals surface area contributed by atoms with Gasteiger partial charge in [0, 0.05) is 19.1 Å². The number of carbonyl (C=O) groups excluding carboxylic acids is 2. The summed E-state index contributed by atoms with van der Waals surface area (Å²) in [6.45, 7) is -0.0612. The van der Waals surface area contributed by atoms with Crippen molar-refractivity contribution in [3.05, 3.63) is 70.9 Å². The Morgan fingerprint density at radius 3 is 2.66 bits per heavy atom. The van der Waals surface area contributed by atoms with Crippen LogP contribution in [-0.4, -0.2) is 54.8 Å². The van der Waals surface area contributed by atoms with Crippen molar-refractivity contribution in [3.8, 4) is 11.4 Å². The maximum Gasteiger partial charge on any atom is 0.389 e. The van der Waals surface area contributed by atoms with Crippen LogP contribution in [0, 0.1) is 0 Å². The van der Waals surface area contributed by atoms with E-state index in [-0.39, 0.29) is 24.4 Å². The van der Waals surface area contributed by atoms with Gasteiger partial charge in [0.15, 0.2) is 9.84 Å². The van der Waals surface area contributed by atoms with E-state index in [1.165, 1.54) is 4.68 Å². The number of ether oxygens (including phenoxy) is 1. The minimum Gasteiger partial charge on any atom is -0.494 e. The number of hydrogen-bond donors (Lipinski definition) is 2. The molecule has 2 aromatic carbocycles. The van der Waals surface area contributed by atoms with Crippen molar-refractivity contribution >= 4 is 27.5 Å². The highest BCUT2D eigenvalue weighted by atomic mass is 32.2. The molecule has 0 unspecified atom stereocenters. The van der Waals surface area contributed by atoms with E-state index in [1.807, 2.05) is 18.2 Å². The molecule has 2 N–H and O–H groups in total. The van der Waals surface area contributed by atoms with Gasteiger partial charge in [0.1, 0.15) is 22.9 Å². The highest BCUT2D eigenvalue weighted by Gasteiger charge is 2.45. The monoisotopic (exact) mass is 590 g/mol. The van der Waals surface area contributed by atoms with Crippen LogP contribution in [0.1, 0.15) is 52.9 Å². The summed E-state index contributed by atoms with van der Waals surface area (Å²) < 4.78 is 67.8. The first-order valence-electron chi connectivity index (χ1n) is 13.1. The molecule has 0 bridgehead atoms. The Hall–Kier alpha value is -3.87. The summed E-state index contributed by atoms with van der Waals surface area (Å²) in [5.41, 5.74) is 2.22. The van der Waals surface area contributed by atoms with Crippen LogP contribution < -0.4 is 15.4 Å². The fourth-order valence-corrected chi connectivity index (χ4v) is 6.09. The molecule has 3 aromatic rings. The van der Waals surface area contributed by atoms with Crippen molar-refractivity contribution in [2.75, 3.05) is 23.9 Å². The first-order valence-corrected chi connectivity index (χ1v) is 15.2. The Balaban J connectivity index is 1.46. The topological polar surface area (TPSA) is 119 Å². The number of sulfone groups is 1. The molecule has 0 saturated carbocycles. The highest BCUT2D eigenvalue weighted by Crippen LogP contribution is 2.43. The SMILES string of the molecule is CS(=O)(=O)CC(=O)Nc1c2c(nn1-c1ccccc1)C[C@]1(CCCc3cc(OCCCC(F)(F)F)ccc31)NC2=O. The number of carbonyl (C=O) groups is 2. The van der Waals surface area contributed by atoms with Gasteiger partial charge < -0.3 is 15.4 Å². The van der Waals surface area contributed by atoms with Crippen LogP contribution in [0.3, 0.4) is 0 Å². The molecule has 0 radical (unpaired) electrons. The number of hydrogen-bond acceptors (Lipinski definition) is 6. The van der Waals surface area contributed by atoms with Gasteiger partial charge in [0.25, 0.3) is 5.91 Å². The molecule has 1 spiro atoms. The second-order valence-corrected chi connectivity index (χ2v) is 12.6. The Kier molecular flexibility index (Phi) is 7.58. The normalized spacial score (nSPS) is 18.4. The van der Waals surface area contributed by atoms with E-state index in [4.69, 9.17) is 9.84 Å². The number of alkyl halides is 3. The molecule has 2 aliphatic rings. The fourth-order valence-electron chi connectivity index (χ4n) is 5.54. The first-order chi connectivity index (χ1) is 19.3.